The van der Waals surface area contributed by atoms with Gasteiger partial charge in [-0.2, -0.15) is 13.5 Å². The summed E-state index contributed by atoms with van der Waals surface area (Å²) in [5, 5.41) is 3.69. The highest BCUT2D eigenvalue weighted by molar-refractivity contribution is 7.92. The molecule has 2 aromatic rings. The average Bonchev–Trinajstić information content (AvgIpc) is 2.76. The van der Waals surface area contributed by atoms with Crippen molar-refractivity contribution in [3.63, 3.8) is 0 Å². The molecular formula is C12H12ClN5O2S. The quantitative estimate of drug-likeness (QED) is 0.803. The number of pyridine rings is 1. The van der Waals surface area contributed by atoms with Gasteiger partial charge in [0.15, 0.2) is 5.03 Å². The van der Waals surface area contributed by atoms with Crippen LogP contribution in [0.3, 0.4) is 0 Å². The maximum Gasteiger partial charge on any atom is 0.281 e. The Labute approximate surface area is 127 Å². The lowest BCUT2D eigenvalue weighted by atomic mass is 10.2. The third-order valence-corrected chi connectivity index (χ3v) is 4.29. The highest BCUT2D eigenvalue weighted by Crippen LogP contribution is 2.22. The second-order valence-corrected chi connectivity index (χ2v) is 5.97. The van der Waals surface area contributed by atoms with Gasteiger partial charge < -0.3 is 5.73 Å². The lowest BCUT2D eigenvalue weighted by molar-refractivity contribution is 0.582. The summed E-state index contributed by atoms with van der Waals surface area (Å²) in [6, 6.07) is 3.15. The molecule has 0 bridgehead atoms. The first-order valence-corrected chi connectivity index (χ1v) is 7.65. The zero-order valence-electron chi connectivity index (χ0n) is 11.0. The minimum Gasteiger partial charge on any atom is -0.320 e. The van der Waals surface area contributed by atoms with E-state index in [2.05, 4.69) is 26.6 Å². The molecule has 3 N–H and O–H groups in total. The molecule has 0 aliphatic rings. The molecule has 9 heteroatoms. The number of hydrogen-bond donors (Lipinski definition) is 2. The van der Waals surface area contributed by atoms with Gasteiger partial charge in [-0.15, -0.1) is 0 Å². The van der Waals surface area contributed by atoms with Gasteiger partial charge in [-0.05, 0) is 12.1 Å². The van der Waals surface area contributed by atoms with Crippen LogP contribution in [0, 0.1) is 11.8 Å². The van der Waals surface area contributed by atoms with Crippen molar-refractivity contribution in [3.8, 4) is 11.8 Å². The average molecular weight is 326 g/mol. The van der Waals surface area contributed by atoms with Crippen molar-refractivity contribution in [2.24, 2.45) is 12.8 Å². The minimum atomic E-state index is -3.89. The summed E-state index contributed by atoms with van der Waals surface area (Å²) in [6.45, 7) is 0.216. The Kier molecular flexibility index (Phi) is 4.47. The van der Waals surface area contributed by atoms with E-state index in [1.807, 2.05) is 0 Å². The third-order valence-electron chi connectivity index (χ3n) is 2.43. The lowest BCUT2D eigenvalue weighted by Gasteiger charge is -2.08. The van der Waals surface area contributed by atoms with Crippen LogP contribution < -0.4 is 10.5 Å². The summed E-state index contributed by atoms with van der Waals surface area (Å²) in [4.78, 5) is 3.94. The van der Waals surface area contributed by atoms with E-state index >= 15 is 0 Å². The van der Waals surface area contributed by atoms with Crippen LogP contribution in [0.15, 0.2) is 29.6 Å². The highest BCUT2D eigenvalue weighted by atomic mass is 35.5. The number of nitrogens with one attached hydrogen (secondary N) is 1. The number of sulfonamides is 1. The number of aromatic nitrogens is 3. The van der Waals surface area contributed by atoms with E-state index in [9.17, 15) is 8.42 Å². The van der Waals surface area contributed by atoms with Crippen molar-refractivity contribution in [2.75, 3.05) is 11.3 Å². The van der Waals surface area contributed by atoms with E-state index in [4.69, 9.17) is 17.3 Å². The maximum absolute atomic E-state index is 12.3. The van der Waals surface area contributed by atoms with Crippen molar-refractivity contribution < 1.29 is 8.42 Å². The molecule has 7 nitrogen and oxygen atoms in total. The van der Waals surface area contributed by atoms with Crippen LogP contribution in [0.25, 0.3) is 0 Å². The normalized spacial score (nSPS) is 10.8. The van der Waals surface area contributed by atoms with Gasteiger partial charge in [-0.25, -0.2) is 4.98 Å². The Hall–Kier alpha value is -2.08. The van der Waals surface area contributed by atoms with Crippen molar-refractivity contribution in [2.45, 2.75) is 5.03 Å². The number of hydrogen-bond acceptors (Lipinski definition) is 5. The Balaban J connectivity index is 2.33. The molecule has 2 aromatic heterocycles. The fourth-order valence-electron chi connectivity index (χ4n) is 1.61. The Morgan fingerprint density at radius 1 is 1.52 bits per heavy atom. The SMILES string of the molecule is Cn1ncc(Cl)c1S(=O)(=O)Nc1cc(C#CCN)ccn1. The minimum absolute atomic E-state index is 0.0316. The molecule has 21 heavy (non-hydrogen) atoms. The van der Waals surface area contributed by atoms with Crippen molar-refractivity contribution in [1.82, 2.24) is 14.8 Å². The van der Waals surface area contributed by atoms with E-state index in [-0.39, 0.29) is 22.4 Å². The van der Waals surface area contributed by atoms with Gasteiger partial charge in [0, 0.05) is 18.8 Å². The first-order valence-electron chi connectivity index (χ1n) is 5.79. The summed E-state index contributed by atoms with van der Waals surface area (Å²) in [7, 11) is -2.40. The van der Waals surface area contributed by atoms with Crippen LogP contribution in [0.4, 0.5) is 5.82 Å². The van der Waals surface area contributed by atoms with Gasteiger partial charge in [-0.3, -0.25) is 9.40 Å². The summed E-state index contributed by atoms with van der Waals surface area (Å²) >= 11 is 5.84. The second kappa shape index (κ2) is 6.13. The van der Waals surface area contributed by atoms with Crippen LogP contribution in [0.2, 0.25) is 5.02 Å². The number of aryl methyl sites for hydroxylation is 1. The van der Waals surface area contributed by atoms with Crippen LogP contribution in [0.5, 0.6) is 0 Å². The first-order chi connectivity index (χ1) is 9.94. The van der Waals surface area contributed by atoms with E-state index in [0.717, 1.165) is 0 Å². The second-order valence-electron chi connectivity index (χ2n) is 3.96. The van der Waals surface area contributed by atoms with Gasteiger partial charge in [0.2, 0.25) is 0 Å². The van der Waals surface area contributed by atoms with E-state index < -0.39 is 10.0 Å². The molecule has 0 aliphatic heterocycles. The molecule has 0 spiro atoms. The summed E-state index contributed by atoms with van der Waals surface area (Å²) in [5.74, 6) is 5.61. The molecule has 110 valence electrons. The molecule has 0 saturated carbocycles. The predicted molar refractivity (Wildman–Crippen MR) is 79.2 cm³/mol. The topological polar surface area (TPSA) is 103 Å². The van der Waals surface area contributed by atoms with Crippen molar-refractivity contribution in [1.29, 1.82) is 0 Å². The molecule has 0 saturated heterocycles. The van der Waals surface area contributed by atoms with Crippen LogP contribution >= 0.6 is 11.6 Å². The fraction of sp³-hybridized carbons (Fsp3) is 0.167. The van der Waals surface area contributed by atoms with E-state index in [1.165, 1.54) is 30.2 Å². The predicted octanol–water partition coefficient (Wildman–Crippen LogP) is 0.580. The van der Waals surface area contributed by atoms with Gasteiger partial charge >= 0.3 is 0 Å². The Morgan fingerprint density at radius 2 is 2.29 bits per heavy atom. The van der Waals surface area contributed by atoms with Crippen molar-refractivity contribution in [3.05, 3.63) is 35.1 Å². The van der Waals surface area contributed by atoms with E-state index in [0.29, 0.717) is 5.56 Å². The Morgan fingerprint density at radius 3 is 2.90 bits per heavy atom. The molecule has 0 fully saturated rings. The molecule has 0 unspecified atom stereocenters. The van der Waals surface area contributed by atoms with Crippen LogP contribution in [-0.2, 0) is 17.1 Å². The van der Waals surface area contributed by atoms with Crippen LogP contribution in [-0.4, -0.2) is 29.7 Å². The first kappa shape index (κ1) is 15.3. The molecule has 0 radical (unpaired) electrons. The standard InChI is InChI=1S/C12H12ClN5O2S/c1-18-12(10(13)8-16-18)21(19,20)17-11-7-9(3-2-5-14)4-6-15-11/h4,6-8H,5,14H2,1H3,(H,15,17). The molecular weight excluding hydrogens is 314 g/mol. The smallest absolute Gasteiger partial charge is 0.281 e. The molecule has 0 atom stereocenters. The molecule has 0 aliphatic carbocycles. The number of rotatable bonds is 3. The maximum atomic E-state index is 12.3. The Bertz CT molecular complexity index is 800. The number of halogens is 1. The fourth-order valence-corrected chi connectivity index (χ4v) is 3.26. The molecule has 0 amide bonds. The molecule has 2 rings (SSSR count). The molecule has 2 heterocycles. The van der Waals surface area contributed by atoms with Gasteiger partial charge in [0.05, 0.1) is 17.8 Å². The van der Waals surface area contributed by atoms with Crippen molar-refractivity contribution >= 4 is 27.4 Å². The van der Waals surface area contributed by atoms with E-state index in [1.54, 1.807) is 6.07 Å². The summed E-state index contributed by atoms with van der Waals surface area (Å²) in [5.41, 5.74) is 5.89. The van der Waals surface area contributed by atoms with Gasteiger partial charge in [0.1, 0.15) is 5.82 Å². The highest BCUT2D eigenvalue weighted by Gasteiger charge is 2.23. The largest absolute Gasteiger partial charge is 0.320 e. The third kappa shape index (κ3) is 3.52. The number of anilines is 1. The number of nitrogens with two attached hydrogens (primary N) is 1. The zero-order valence-corrected chi connectivity index (χ0v) is 12.6. The van der Waals surface area contributed by atoms with Gasteiger partial charge in [-0.1, -0.05) is 23.4 Å². The number of nitrogens with zero attached hydrogens (tertiary/aromatic N) is 3. The zero-order chi connectivity index (χ0) is 15.5. The lowest BCUT2D eigenvalue weighted by Crippen LogP contribution is -2.17. The molecule has 0 aromatic carbocycles. The summed E-state index contributed by atoms with van der Waals surface area (Å²) in [6.07, 6.45) is 2.70. The van der Waals surface area contributed by atoms with Crippen LogP contribution in [0.1, 0.15) is 5.56 Å². The monoisotopic (exact) mass is 325 g/mol. The van der Waals surface area contributed by atoms with Gasteiger partial charge in [0.25, 0.3) is 10.0 Å². The summed E-state index contributed by atoms with van der Waals surface area (Å²) < 4.78 is 28.1.